The zero-order valence-corrected chi connectivity index (χ0v) is 15.1. The molecule has 2 aromatic heterocycles. The Bertz CT molecular complexity index is 1220. The molecule has 4 aromatic rings. The molecule has 0 unspecified atom stereocenters. The first-order valence-electron chi connectivity index (χ1n) is 8.14. The number of thiophene rings is 1. The number of furan rings is 1. The Labute approximate surface area is 165 Å². The maximum absolute atomic E-state index is 13.6. The Morgan fingerprint density at radius 1 is 1.03 bits per heavy atom. The van der Waals surface area contributed by atoms with Gasteiger partial charge < -0.3 is 14.8 Å². The van der Waals surface area contributed by atoms with Crippen LogP contribution >= 0.6 is 11.3 Å². The summed E-state index contributed by atoms with van der Waals surface area (Å²) in [6, 6.07) is 9.83. The first-order chi connectivity index (χ1) is 13.8. The number of aromatic carboxylic acids is 1. The highest BCUT2D eigenvalue weighted by Crippen LogP contribution is 2.37. The highest BCUT2D eigenvalue weighted by Gasteiger charge is 2.24. The van der Waals surface area contributed by atoms with Gasteiger partial charge in [-0.1, -0.05) is 18.2 Å². The molecule has 29 heavy (non-hydrogen) atoms. The van der Waals surface area contributed by atoms with Crippen LogP contribution < -0.4 is 5.32 Å². The van der Waals surface area contributed by atoms with E-state index in [9.17, 15) is 27.9 Å². The van der Waals surface area contributed by atoms with Gasteiger partial charge in [-0.15, -0.1) is 11.3 Å². The molecule has 0 atom stereocenters. The molecule has 5 nitrogen and oxygen atoms in total. The van der Waals surface area contributed by atoms with Gasteiger partial charge in [0.05, 0.1) is 10.6 Å². The summed E-state index contributed by atoms with van der Waals surface area (Å²) >= 11 is 0.841. The topological polar surface area (TPSA) is 79.5 Å². The van der Waals surface area contributed by atoms with Crippen LogP contribution in [0.1, 0.15) is 20.9 Å². The number of carbonyl (C=O) groups excluding carboxylic acids is 1. The molecular weight excluding hydrogens is 407 g/mol. The van der Waals surface area contributed by atoms with E-state index >= 15 is 0 Å². The zero-order valence-electron chi connectivity index (χ0n) is 14.3. The average Bonchev–Trinajstić information content (AvgIpc) is 3.29. The Balaban J connectivity index is 1.71. The van der Waals surface area contributed by atoms with Crippen LogP contribution in [0.4, 0.5) is 18.9 Å². The van der Waals surface area contributed by atoms with Crippen molar-refractivity contribution in [1.82, 2.24) is 0 Å². The molecule has 0 saturated heterocycles. The van der Waals surface area contributed by atoms with Crippen molar-refractivity contribution >= 4 is 39.9 Å². The van der Waals surface area contributed by atoms with Gasteiger partial charge in [0.25, 0.3) is 5.91 Å². The monoisotopic (exact) mass is 417 g/mol. The van der Waals surface area contributed by atoms with Crippen LogP contribution in [0.3, 0.4) is 0 Å². The molecule has 0 radical (unpaired) electrons. The second-order valence-electron chi connectivity index (χ2n) is 6.02. The summed E-state index contributed by atoms with van der Waals surface area (Å²) < 4.78 is 45.8. The van der Waals surface area contributed by atoms with Crippen molar-refractivity contribution in [3.05, 3.63) is 76.6 Å². The zero-order chi connectivity index (χ0) is 20.7. The van der Waals surface area contributed by atoms with Crippen LogP contribution in [0.15, 0.2) is 52.3 Å². The van der Waals surface area contributed by atoms with E-state index in [0.717, 1.165) is 11.3 Å². The second kappa shape index (κ2) is 7.10. The van der Waals surface area contributed by atoms with Gasteiger partial charge in [-0.25, -0.2) is 18.0 Å². The van der Waals surface area contributed by atoms with Crippen LogP contribution in [-0.4, -0.2) is 17.0 Å². The third-order valence-electron chi connectivity index (χ3n) is 4.15. The van der Waals surface area contributed by atoms with Crippen molar-refractivity contribution in [3.63, 3.8) is 0 Å². The number of hydrogen-bond donors (Lipinski definition) is 2. The van der Waals surface area contributed by atoms with E-state index in [-0.39, 0.29) is 27.5 Å². The van der Waals surface area contributed by atoms with E-state index in [4.69, 9.17) is 4.42 Å². The lowest BCUT2D eigenvalue weighted by Gasteiger charge is -2.06. The number of carboxylic acids is 1. The molecule has 146 valence electrons. The van der Waals surface area contributed by atoms with E-state index in [1.165, 1.54) is 11.4 Å². The van der Waals surface area contributed by atoms with E-state index in [1.54, 1.807) is 24.3 Å². The Hall–Kier alpha value is -3.59. The first kappa shape index (κ1) is 18.8. The van der Waals surface area contributed by atoms with E-state index in [2.05, 4.69) is 5.32 Å². The fourth-order valence-corrected chi connectivity index (χ4v) is 3.82. The number of anilines is 1. The quantitative estimate of drug-likeness (QED) is 0.428. The standard InChI is InChI=1S/C20H10F3NO4S/c21-11-5-10(6-12(22)17(11)23)18-16(20(26)27)13(8-29-18)24-19(25)15-7-9-3-1-2-4-14(9)28-15/h1-8H,(H,24,25)(H,26,27). The average molecular weight is 417 g/mol. The Morgan fingerprint density at radius 3 is 2.38 bits per heavy atom. The largest absolute Gasteiger partial charge is 0.478 e. The predicted molar refractivity (Wildman–Crippen MR) is 101 cm³/mol. The Morgan fingerprint density at radius 2 is 1.72 bits per heavy atom. The number of benzene rings is 2. The van der Waals surface area contributed by atoms with Gasteiger partial charge in [-0.05, 0) is 29.8 Å². The molecule has 0 bridgehead atoms. The number of para-hydroxylation sites is 1. The van der Waals surface area contributed by atoms with Crippen LogP contribution in [0, 0.1) is 17.5 Å². The summed E-state index contributed by atoms with van der Waals surface area (Å²) in [4.78, 5) is 24.2. The first-order valence-corrected chi connectivity index (χ1v) is 9.02. The minimum absolute atomic E-state index is 0.0322. The molecule has 0 fully saturated rings. The number of carbonyl (C=O) groups is 2. The lowest BCUT2D eigenvalue weighted by Crippen LogP contribution is -2.13. The third kappa shape index (κ3) is 3.36. The minimum Gasteiger partial charge on any atom is -0.478 e. The highest BCUT2D eigenvalue weighted by atomic mass is 32.1. The van der Waals surface area contributed by atoms with Gasteiger partial charge in [0, 0.05) is 10.8 Å². The maximum atomic E-state index is 13.6. The molecule has 0 aliphatic carbocycles. The minimum atomic E-state index is -1.65. The number of amides is 1. The number of nitrogens with one attached hydrogen (secondary N) is 1. The smallest absolute Gasteiger partial charge is 0.339 e. The van der Waals surface area contributed by atoms with Gasteiger partial charge >= 0.3 is 5.97 Å². The summed E-state index contributed by atoms with van der Waals surface area (Å²) in [7, 11) is 0. The molecule has 0 saturated carbocycles. The molecule has 2 aromatic carbocycles. The SMILES string of the molecule is O=C(Nc1csc(-c2cc(F)c(F)c(F)c2)c1C(=O)O)c1cc2ccccc2o1. The number of halogens is 3. The number of fused-ring (bicyclic) bond motifs is 1. The maximum Gasteiger partial charge on any atom is 0.339 e. The summed E-state index contributed by atoms with van der Waals surface area (Å²) in [5.41, 5.74) is -0.120. The highest BCUT2D eigenvalue weighted by molar-refractivity contribution is 7.14. The van der Waals surface area contributed by atoms with Gasteiger partial charge in [-0.2, -0.15) is 0 Å². The molecule has 0 aliphatic rings. The van der Waals surface area contributed by atoms with Crippen molar-refractivity contribution in [1.29, 1.82) is 0 Å². The number of rotatable bonds is 4. The second-order valence-corrected chi connectivity index (χ2v) is 6.89. The van der Waals surface area contributed by atoms with Crippen molar-refractivity contribution in [2.75, 3.05) is 5.32 Å². The summed E-state index contributed by atoms with van der Waals surface area (Å²) in [6.07, 6.45) is 0. The predicted octanol–water partition coefficient (Wildman–Crippen LogP) is 5.53. The molecule has 1 amide bonds. The summed E-state index contributed by atoms with van der Waals surface area (Å²) in [5, 5.41) is 14.0. The lowest BCUT2D eigenvalue weighted by atomic mass is 10.1. The summed E-state index contributed by atoms with van der Waals surface area (Å²) in [5.74, 6) is -6.69. The Kier molecular flexibility index (Phi) is 4.59. The van der Waals surface area contributed by atoms with Crippen molar-refractivity contribution in [2.45, 2.75) is 0 Å². The molecular formula is C20H10F3NO4S. The van der Waals surface area contributed by atoms with E-state index < -0.39 is 29.3 Å². The van der Waals surface area contributed by atoms with Crippen molar-refractivity contribution in [2.24, 2.45) is 0 Å². The molecule has 4 rings (SSSR count). The lowest BCUT2D eigenvalue weighted by molar-refractivity contribution is 0.0699. The van der Waals surface area contributed by atoms with Gasteiger partial charge in [0.15, 0.2) is 23.2 Å². The molecule has 2 heterocycles. The van der Waals surface area contributed by atoms with Crippen LogP contribution in [0.5, 0.6) is 0 Å². The van der Waals surface area contributed by atoms with E-state index in [1.807, 2.05) is 0 Å². The molecule has 2 N–H and O–H groups in total. The summed E-state index contributed by atoms with van der Waals surface area (Å²) in [6.45, 7) is 0. The third-order valence-corrected chi connectivity index (χ3v) is 5.18. The number of carboxylic acid groups (broad SMARTS) is 1. The molecule has 9 heteroatoms. The van der Waals surface area contributed by atoms with Crippen molar-refractivity contribution in [3.8, 4) is 10.4 Å². The fraction of sp³-hybridized carbons (Fsp3) is 0. The molecule has 0 spiro atoms. The van der Waals surface area contributed by atoms with Crippen LogP contribution in [0.2, 0.25) is 0 Å². The van der Waals surface area contributed by atoms with Crippen molar-refractivity contribution < 1.29 is 32.3 Å². The molecule has 0 aliphatic heterocycles. The van der Waals surface area contributed by atoms with E-state index in [0.29, 0.717) is 23.1 Å². The van der Waals surface area contributed by atoms with Gasteiger partial charge in [0.1, 0.15) is 11.1 Å². The van der Waals surface area contributed by atoms with Crippen LogP contribution in [0.25, 0.3) is 21.4 Å². The van der Waals surface area contributed by atoms with Crippen LogP contribution in [-0.2, 0) is 0 Å². The normalized spacial score (nSPS) is 11.0. The number of hydrogen-bond acceptors (Lipinski definition) is 4. The van der Waals surface area contributed by atoms with Gasteiger partial charge in [-0.3, -0.25) is 4.79 Å². The van der Waals surface area contributed by atoms with Gasteiger partial charge in [0.2, 0.25) is 0 Å². The fourth-order valence-electron chi connectivity index (χ4n) is 2.84.